The maximum Gasteiger partial charge on any atom is 0.192 e. The lowest BCUT2D eigenvalue weighted by molar-refractivity contribution is 0.538. The third-order valence-electron chi connectivity index (χ3n) is 2.14. The fourth-order valence-corrected chi connectivity index (χ4v) is 1.41. The summed E-state index contributed by atoms with van der Waals surface area (Å²) >= 11 is 0. The number of rotatable bonds is 0. The summed E-state index contributed by atoms with van der Waals surface area (Å²) in [5.41, 5.74) is 7.80. The smallest absolute Gasteiger partial charge is 0.192 e. The summed E-state index contributed by atoms with van der Waals surface area (Å²) < 4.78 is 0. The van der Waals surface area contributed by atoms with E-state index in [9.17, 15) is 0 Å². The highest BCUT2D eigenvalue weighted by Gasteiger charge is 2.10. The van der Waals surface area contributed by atoms with Crippen molar-refractivity contribution in [2.24, 2.45) is 5.73 Å². The van der Waals surface area contributed by atoms with Gasteiger partial charge in [-0.2, -0.15) is 0 Å². The monoisotopic (exact) mass is 245 g/mol. The molecule has 0 atom stereocenters. The molecule has 3 N–H and O–H groups in total. The Bertz CT molecular complexity index is 377. The Morgan fingerprint density at radius 1 is 1.27 bits per heavy atom. The lowest BCUT2D eigenvalue weighted by atomic mass is 10.0. The van der Waals surface area contributed by atoms with E-state index >= 15 is 0 Å². The number of hydrogen-bond acceptors (Lipinski definition) is 1. The van der Waals surface area contributed by atoms with Crippen molar-refractivity contribution in [1.29, 1.82) is 5.41 Å². The average Bonchev–Trinajstić information content (AvgIpc) is 2.17. The van der Waals surface area contributed by atoms with Crippen LogP contribution in [0.1, 0.15) is 11.1 Å². The SMILES string of the molecule is Cl.Cl.N=C(N)N1C=Cc2ccccc2C1. The van der Waals surface area contributed by atoms with Crippen molar-refractivity contribution in [1.82, 2.24) is 4.90 Å². The Hall–Kier alpha value is -1.19. The first kappa shape index (κ1) is 13.8. The Kier molecular flexibility index (Phi) is 5.19. The van der Waals surface area contributed by atoms with Gasteiger partial charge < -0.3 is 10.6 Å². The van der Waals surface area contributed by atoms with Gasteiger partial charge in [0.15, 0.2) is 5.96 Å². The third-order valence-corrected chi connectivity index (χ3v) is 2.14. The highest BCUT2D eigenvalue weighted by atomic mass is 35.5. The van der Waals surface area contributed by atoms with Crippen molar-refractivity contribution >= 4 is 36.8 Å². The van der Waals surface area contributed by atoms with Crippen LogP contribution in [0.2, 0.25) is 0 Å². The van der Waals surface area contributed by atoms with Gasteiger partial charge in [-0.15, -0.1) is 24.8 Å². The van der Waals surface area contributed by atoms with E-state index in [2.05, 4.69) is 12.1 Å². The Labute approximate surface area is 101 Å². The zero-order chi connectivity index (χ0) is 9.26. The van der Waals surface area contributed by atoms with Crippen LogP contribution in [0, 0.1) is 5.41 Å². The number of guanidine groups is 1. The molecule has 1 heterocycles. The second-order valence-corrected chi connectivity index (χ2v) is 3.03. The number of benzene rings is 1. The van der Waals surface area contributed by atoms with E-state index in [0.717, 1.165) is 0 Å². The average molecular weight is 246 g/mol. The first-order valence-electron chi connectivity index (χ1n) is 4.14. The molecular formula is C10H13Cl2N3. The molecule has 0 saturated carbocycles. The van der Waals surface area contributed by atoms with Crippen molar-refractivity contribution in [2.45, 2.75) is 6.54 Å². The van der Waals surface area contributed by atoms with Crippen LogP contribution in [0.4, 0.5) is 0 Å². The topological polar surface area (TPSA) is 53.1 Å². The van der Waals surface area contributed by atoms with E-state index in [1.807, 2.05) is 24.4 Å². The van der Waals surface area contributed by atoms with Crippen molar-refractivity contribution in [3.8, 4) is 0 Å². The summed E-state index contributed by atoms with van der Waals surface area (Å²) in [5.74, 6) is 0.0887. The number of fused-ring (bicyclic) bond motifs is 1. The van der Waals surface area contributed by atoms with Gasteiger partial charge in [0.2, 0.25) is 0 Å². The van der Waals surface area contributed by atoms with Crippen LogP contribution in [0.3, 0.4) is 0 Å². The van der Waals surface area contributed by atoms with E-state index in [1.54, 1.807) is 4.90 Å². The van der Waals surface area contributed by atoms with Crippen LogP contribution in [0.25, 0.3) is 6.08 Å². The lowest BCUT2D eigenvalue weighted by Gasteiger charge is -2.23. The lowest BCUT2D eigenvalue weighted by Crippen LogP contribution is -2.32. The highest BCUT2D eigenvalue weighted by molar-refractivity contribution is 5.85. The van der Waals surface area contributed by atoms with Crippen LogP contribution in [-0.4, -0.2) is 10.9 Å². The van der Waals surface area contributed by atoms with Gasteiger partial charge in [-0.1, -0.05) is 24.3 Å². The van der Waals surface area contributed by atoms with Crippen molar-refractivity contribution in [2.75, 3.05) is 0 Å². The Morgan fingerprint density at radius 3 is 2.60 bits per heavy atom. The van der Waals surface area contributed by atoms with Gasteiger partial charge in [0, 0.05) is 6.20 Å². The van der Waals surface area contributed by atoms with Crippen LogP contribution in [-0.2, 0) is 6.54 Å². The third kappa shape index (κ3) is 2.88. The summed E-state index contributed by atoms with van der Waals surface area (Å²) in [4.78, 5) is 1.71. The van der Waals surface area contributed by atoms with E-state index < -0.39 is 0 Å². The molecule has 0 spiro atoms. The molecule has 0 saturated heterocycles. The second-order valence-electron chi connectivity index (χ2n) is 3.03. The molecule has 1 aliphatic rings. The van der Waals surface area contributed by atoms with Crippen molar-refractivity contribution < 1.29 is 0 Å². The fraction of sp³-hybridized carbons (Fsp3) is 0.100. The van der Waals surface area contributed by atoms with Crippen molar-refractivity contribution in [3.05, 3.63) is 41.6 Å². The molecule has 0 radical (unpaired) electrons. The quantitative estimate of drug-likeness (QED) is 0.544. The molecule has 2 rings (SSSR count). The number of halogens is 2. The summed E-state index contributed by atoms with van der Waals surface area (Å²) in [7, 11) is 0. The highest BCUT2D eigenvalue weighted by Crippen LogP contribution is 2.18. The van der Waals surface area contributed by atoms with E-state index in [1.165, 1.54) is 11.1 Å². The molecule has 0 amide bonds. The fourth-order valence-electron chi connectivity index (χ4n) is 1.41. The van der Waals surface area contributed by atoms with E-state index in [4.69, 9.17) is 11.1 Å². The maximum absolute atomic E-state index is 7.28. The maximum atomic E-state index is 7.28. The number of nitrogens with zero attached hydrogens (tertiary/aromatic N) is 1. The molecule has 3 nitrogen and oxygen atoms in total. The summed E-state index contributed by atoms with van der Waals surface area (Å²) in [6.45, 7) is 0.696. The predicted molar refractivity (Wildman–Crippen MR) is 67.4 cm³/mol. The van der Waals surface area contributed by atoms with Gasteiger partial charge in [0.1, 0.15) is 0 Å². The first-order chi connectivity index (χ1) is 6.27. The molecule has 0 aliphatic carbocycles. The van der Waals surface area contributed by atoms with Crippen LogP contribution in [0.5, 0.6) is 0 Å². The normalized spacial score (nSPS) is 12.1. The van der Waals surface area contributed by atoms with Gasteiger partial charge in [-0.25, -0.2) is 0 Å². The van der Waals surface area contributed by atoms with Crippen molar-refractivity contribution in [3.63, 3.8) is 0 Å². The minimum atomic E-state index is 0. The Morgan fingerprint density at radius 2 is 1.93 bits per heavy atom. The molecule has 1 aromatic carbocycles. The predicted octanol–water partition coefficient (Wildman–Crippen LogP) is 2.21. The largest absolute Gasteiger partial charge is 0.370 e. The molecule has 15 heavy (non-hydrogen) atoms. The molecule has 1 aromatic rings. The minimum absolute atomic E-state index is 0. The van der Waals surface area contributed by atoms with Gasteiger partial charge in [0.05, 0.1) is 6.54 Å². The molecule has 0 bridgehead atoms. The Balaban J connectivity index is 0.000000980. The first-order valence-corrected chi connectivity index (χ1v) is 4.14. The number of nitrogens with one attached hydrogen (secondary N) is 1. The second kappa shape index (κ2) is 5.63. The summed E-state index contributed by atoms with van der Waals surface area (Å²) in [5, 5.41) is 7.28. The molecule has 0 fully saturated rings. The summed E-state index contributed by atoms with van der Waals surface area (Å²) in [6, 6.07) is 8.11. The van der Waals surface area contributed by atoms with Crippen LogP contribution < -0.4 is 5.73 Å². The zero-order valence-corrected chi connectivity index (χ0v) is 9.65. The summed E-state index contributed by atoms with van der Waals surface area (Å²) in [6.07, 6.45) is 3.81. The van der Waals surface area contributed by atoms with Crippen LogP contribution >= 0.6 is 24.8 Å². The molecule has 5 heteroatoms. The molecule has 1 aliphatic heterocycles. The van der Waals surface area contributed by atoms with E-state index in [-0.39, 0.29) is 30.8 Å². The standard InChI is InChI=1S/C10H11N3.2ClH/c11-10(12)13-6-5-8-3-1-2-4-9(8)7-13;;/h1-6H,7H2,(H3,11,12);2*1H. The van der Waals surface area contributed by atoms with Gasteiger partial charge >= 0.3 is 0 Å². The van der Waals surface area contributed by atoms with E-state index in [0.29, 0.717) is 6.54 Å². The molecule has 82 valence electrons. The number of hydrogen-bond donors (Lipinski definition) is 2. The van der Waals surface area contributed by atoms with Gasteiger partial charge in [-0.3, -0.25) is 5.41 Å². The number of nitrogens with two attached hydrogens (primary N) is 1. The molecule has 0 unspecified atom stereocenters. The minimum Gasteiger partial charge on any atom is -0.370 e. The molecular weight excluding hydrogens is 233 g/mol. The van der Waals surface area contributed by atoms with Gasteiger partial charge in [0.25, 0.3) is 0 Å². The van der Waals surface area contributed by atoms with Gasteiger partial charge in [-0.05, 0) is 17.2 Å². The molecule has 0 aromatic heterocycles. The van der Waals surface area contributed by atoms with Crippen LogP contribution in [0.15, 0.2) is 30.5 Å². The zero-order valence-electron chi connectivity index (χ0n) is 8.01.